The molecule has 0 aliphatic rings. The van der Waals surface area contributed by atoms with E-state index in [1.165, 1.54) is 0 Å². The van der Waals surface area contributed by atoms with Gasteiger partial charge in [-0.1, -0.05) is 37.0 Å². The van der Waals surface area contributed by atoms with Gasteiger partial charge in [0.15, 0.2) is 5.65 Å². The predicted molar refractivity (Wildman–Crippen MR) is 105 cm³/mol. The van der Waals surface area contributed by atoms with Gasteiger partial charge in [-0.3, -0.25) is 9.20 Å². The maximum atomic E-state index is 12.7. The predicted octanol–water partition coefficient (Wildman–Crippen LogP) is 5.24. The van der Waals surface area contributed by atoms with Crippen LogP contribution in [0.1, 0.15) is 30.0 Å². The molecule has 26 heavy (non-hydrogen) atoms. The van der Waals surface area contributed by atoms with Gasteiger partial charge in [-0.15, -0.1) is 0 Å². The molecule has 1 aromatic carbocycles. The number of aromatic nitrogens is 2. The van der Waals surface area contributed by atoms with Crippen LogP contribution >= 0.6 is 23.2 Å². The number of carbonyl (C=O) groups excluding carboxylic acids is 1. The summed E-state index contributed by atoms with van der Waals surface area (Å²) in [6, 6.07) is 8.85. The number of anilines is 1. The average Bonchev–Trinajstić information content (AvgIpc) is 2.90. The van der Waals surface area contributed by atoms with Crippen LogP contribution in [-0.2, 0) is 0 Å². The molecule has 5 nitrogen and oxygen atoms in total. The summed E-state index contributed by atoms with van der Waals surface area (Å²) in [4.78, 5) is 17.1. The Balaban J connectivity index is 1.82. The number of nitrogens with one attached hydrogen (secondary N) is 1. The van der Waals surface area contributed by atoms with Crippen molar-refractivity contribution in [1.29, 1.82) is 0 Å². The van der Waals surface area contributed by atoms with Gasteiger partial charge in [0, 0.05) is 11.9 Å². The lowest BCUT2D eigenvalue weighted by Gasteiger charge is -2.10. The quantitative estimate of drug-likeness (QED) is 0.646. The molecule has 0 unspecified atom stereocenters. The van der Waals surface area contributed by atoms with Crippen LogP contribution < -0.4 is 10.1 Å². The second-order valence-corrected chi connectivity index (χ2v) is 7.27. The Morgan fingerprint density at radius 1 is 1.27 bits per heavy atom. The van der Waals surface area contributed by atoms with Crippen molar-refractivity contribution in [2.24, 2.45) is 5.92 Å². The maximum absolute atomic E-state index is 12.7. The van der Waals surface area contributed by atoms with Gasteiger partial charge in [0.2, 0.25) is 0 Å². The normalized spacial score (nSPS) is 11.2. The first-order valence-electron chi connectivity index (χ1n) is 8.23. The second-order valence-electron chi connectivity index (χ2n) is 6.43. The van der Waals surface area contributed by atoms with Gasteiger partial charge in [-0.25, -0.2) is 4.98 Å². The van der Waals surface area contributed by atoms with E-state index < -0.39 is 0 Å². The molecule has 0 spiro atoms. The minimum atomic E-state index is -0.288. The molecule has 0 fully saturated rings. The monoisotopic (exact) mass is 391 g/mol. The van der Waals surface area contributed by atoms with Crippen molar-refractivity contribution in [2.45, 2.75) is 20.8 Å². The van der Waals surface area contributed by atoms with Crippen LogP contribution in [0.4, 0.5) is 5.69 Å². The highest BCUT2D eigenvalue weighted by molar-refractivity contribution is 6.36. The van der Waals surface area contributed by atoms with E-state index in [1.807, 2.05) is 12.1 Å². The summed E-state index contributed by atoms with van der Waals surface area (Å²) >= 11 is 12.2. The van der Waals surface area contributed by atoms with Crippen LogP contribution in [-0.4, -0.2) is 21.9 Å². The molecule has 0 atom stereocenters. The summed E-state index contributed by atoms with van der Waals surface area (Å²) in [7, 11) is 0. The van der Waals surface area contributed by atoms with Crippen LogP contribution in [0.5, 0.6) is 5.75 Å². The number of rotatable bonds is 5. The van der Waals surface area contributed by atoms with Gasteiger partial charge in [0.25, 0.3) is 5.91 Å². The number of ether oxygens (including phenoxy) is 1. The van der Waals surface area contributed by atoms with E-state index in [0.29, 0.717) is 45.3 Å². The Hall–Kier alpha value is -2.24. The van der Waals surface area contributed by atoms with Gasteiger partial charge in [-0.05, 0) is 43.2 Å². The fourth-order valence-corrected chi connectivity index (χ4v) is 3.06. The van der Waals surface area contributed by atoms with Crippen LogP contribution in [0, 0.1) is 12.8 Å². The summed E-state index contributed by atoms with van der Waals surface area (Å²) in [5.41, 5.74) is 2.12. The summed E-state index contributed by atoms with van der Waals surface area (Å²) in [6.45, 7) is 6.58. The van der Waals surface area contributed by atoms with E-state index in [9.17, 15) is 4.79 Å². The Kier molecular flexibility index (Phi) is 5.39. The zero-order valence-corrected chi connectivity index (χ0v) is 16.2. The van der Waals surface area contributed by atoms with Crippen molar-refractivity contribution in [3.8, 4) is 5.75 Å². The van der Waals surface area contributed by atoms with Gasteiger partial charge in [-0.2, -0.15) is 0 Å². The van der Waals surface area contributed by atoms with Crippen LogP contribution in [0.3, 0.4) is 0 Å². The molecule has 0 saturated heterocycles. The molecule has 2 heterocycles. The van der Waals surface area contributed by atoms with E-state index in [2.05, 4.69) is 24.1 Å². The third-order valence-corrected chi connectivity index (χ3v) is 4.21. The summed E-state index contributed by atoms with van der Waals surface area (Å²) in [5, 5.41) is 3.69. The number of halogens is 2. The summed E-state index contributed by atoms with van der Waals surface area (Å²) in [6.07, 6.45) is 1.63. The number of amides is 1. The number of benzene rings is 1. The van der Waals surface area contributed by atoms with Crippen LogP contribution in [0.2, 0.25) is 10.0 Å². The summed E-state index contributed by atoms with van der Waals surface area (Å²) < 4.78 is 7.25. The molecule has 3 rings (SSSR count). The number of aryl methyl sites for hydroxylation is 1. The minimum absolute atomic E-state index is 0.288. The van der Waals surface area contributed by atoms with Crippen molar-refractivity contribution in [3.63, 3.8) is 0 Å². The number of imidazole rings is 1. The standard InChI is InChI=1S/C19H19Cl2N3O2/c1-11(2)10-26-15-6-4-14(5-7-15)23-19(25)17-12(3)22-18-16(21)8-13(20)9-24(17)18/h4-9,11H,10H2,1-3H3,(H,23,25). The fraction of sp³-hybridized carbons (Fsp3) is 0.263. The van der Waals surface area contributed by atoms with E-state index in [1.54, 1.807) is 35.7 Å². The number of hydrogen-bond donors (Lipinski definition) is 1. The zero-order valence-electron chi connectivity index (χ0n) is 14.7. The first kappa shape index (κ1) is 18.5. The van der Waals surface area contributed by atoms with E-state index in [-0.39, 0.29) is 5.91 Å². The molecule has 0 aliphatic heterocycles. The molecule has 2 aromatic heterocycles. The molecule has 7 heteroatoms. The molecule has 0 bridgehead atoms. The lowest BCUT2D eigenvalue weighted by atomic mass is 10.2. The number of fused-ring (bicyclic) bond motifs is 1. The Morgan fingerprint density at radius 3 is 2.62 bits per heavy atom. The number of pyridine rings is 1. The maximum Gasteiger partial charge on any atom is 0.274 e. The van der Waals surface area contributed by atoms with Crippen molar-refractivity contribution in [1.82, 2.24) is 9.38 Å². The molecule has 1 N–H and O–H groups in total. The van der Waals surface area contributed by atoms with Crippen LogP contribution in [0.25, 0.3) is 5.65 Å². The third-order valence-electron chi connectivity index (χ3n) is 3.73. The number of hydrogen-bond acceptors (Lipinski definition) is 3. The highest BCUT2D eigenvalue weighted by Crippen LogP contribution is 2.25. The Bertz CT molecular complexity index is 950. The zero-order chi connectivity index (χ0) is 18.8. The molecule has 0 radical (unpaired) electrons. The lowest BCUT2D eigenvalue weighted by Crippen LogP contribution is -2.15. The Labute approximate surface area is 161 Å². The Morgan fingerprint density at radius 2 is 1.96 bits per heavy atom. The van der Waals surface area contributed by atoms with Gasteiger partial charge in [0.05, 0.1) is 22.3 Å². The van der Waals surface area contributed by atoms with E-state index in [0.717, 1.165) is 5.75 Å². The average molecular weight is 392 g/mol. The van der Waals surface area contributed by atoms with Crippen molar-refractivity contribution in [2.75, 3.05) is 11.9 Å². The number of carbonyl (C=O) groups is 1. The van der Waals surface area contributed by atoms with Gasteiger partial charge in [0.1, 0.15) is 11.4 Å². The third kappa shape index (κ3) is 3.94. The van der Waals surface area contributed by atoms with Crippen molar-refractivity contribution >= 4 is 40.4 Å². The highest BCUT2D eigenvalue weighted by atomic mass is 35.5. The second kappa shape index (κ2) is 7.56. The van der Waals surface area contributed by atoms with Gasteiger partial charge < -0.3 is 10.1 Å². The van der Waals surface area contributed by atoms with Crippen molar-refractivity contribution < 1.29 is 9.53 Å². The fourth-order valence-electron chi connectivity index (χ4n) is 2.55. The first-order valence-corrected chi connectivity index (χ1v) is 8.98. The first-order chi connectivity index (χ1) is 12.3. The van der Waals surface area contributed by atoms with Crippen LogP contribution in [0.15, 0.2) is 36.5 Å². The number of nitrogens with zero attached hydrogens (tertiary/aromatic N) is 2. The molecule has 136 valence electrons. The van der Waals surface area contributed by atoms with E-state index >= 15 is 0 Å². The molecular formula is C19H19Cl2N3O2. The topological polar surface area (TPSA) is 55.6 Å². The van der Waals surface area contributed by atoms with E-state index in [4.69, 9.17) is 27.9 Å². The molecule has 3 aromatic rings. The molecular weight excluding hydrogens is 373 g/mol. The summed E-state index contributed by atoms with van der Waals surface area (Å²) in [5.74, 6) is 0.927. The minimum Gasteiger partial charge on any atom is -0.493 e. The largest absolute Gasteiger partial charge is 0.493 e. The highest BCUT2D eigenvalue weighted by Gasteiger charge is 2.19. The van der Waals surface area contributed by atoms with Crippen molar-refractivity contribution in [3.05, 3.63) is 58.0 Å². The smallest absolute Gasteiger partial charge is 0.274 e. The van der Waals surface area contributed by atoms with Gasteiger partial charge >= 0.3 is 0 Å². The molecule has 0 saturated carbocycles. The SMILES string of the molecule is Cc1nc2c(Cl)cc(Cl)cn2c1C(=O)Nc1ccc(OCC(C)C)cc1. The molecule has 1 amide bonds. The molecule has 0 aliphatic carbocycles. The lowest BCUT2D eigenvalue weighted by molar-refractivity contribution is 0.102.